The normalized spacial score (nSPS) is 11.2. The Kier molecular flexibility index (Phi) is 6.21. The molecule has 0 saturated heterocycles. The van der Waals surface area contributed by atoms with Gasteiger partial charge < -0.3 is 15.4 Å². The maximum atomic E-state index is 11.8. The molecule has 124 valence electrons. The lowest BCUT2D eigenvalue weighted by atomic mass is 10.0. The van der Waals surface area contributed by atoms with Gasteiger partial charge in [0.25, 0.3) is 5.91 Å². The maximum absolute atomic E-state index is 11.8. The molecule has 0 spiro atoms. The van der Waals surface area contributed by atoms with E-state index in [0.29, 0.717) is 11.4 Å². The van der Waals surface area contributed by atoms with Crippen molar-refractivity contribution in [3.63, 3.8) is 0 Å². The monoisotopic (exact) mass is 323 g/mol. The maximum Gasteiger partial charge on any atom is 0.253 e. The predicted molar refractivity (Wildman–Crippen MR) is 95.1 cm³/mol. The van der Waals surface area contributed by atoms with Crippen LogP contribution in [0.2, 0.25) is 0 Å². The molecule has 0 radical (unpaired) electrons. The minimum absolute atomic E-state index is 0.129. The summed E-state index contributed by atoms with van der Waals surface area (Å²) in [6.45, 7) is 2.30. The average molecular weight is 323 g/mol. The summed E-state index contributed by atoms with van der Waals surface area (Å²) < 4.78 is 5.18. The van der Waals surface area contributed by atoms with Gasteiger partial charge in [0.15, 0.2) is 0 Å². The zero-order valence-electron chi connectivity index (χ0n) is 13.9. The number of nitrogens with one attached hydrogen (secondary N) is 2. The van der Waals surface area contributed by atoms with Crippen LogP contribution < -0.4 is 15.4 Å². The molecule has 1 heterocycles. The third-order valence-electron chi connectivity index (χ3n) is 3.63. The summed E-state index contributed by atoms with van der Waals surface area (Å²) >= 11 is 0. The summed E-state index contributed by atoms with van der Waals surface area (Å²) in [5.74, 6) is 3.68. The molecule has 2 N–H and O–H groups in total. The highest BCUT2D eigenvalue weighted by atomic mass is 16.5. The Morgan fingerprint density at radius 3 is 2.58 bits per heavy atom. The molecular weight excluding hydrogens is 302 g/mol. The van der Waals surface area contributed by atoms with Crippen LogP contribution in [0.4, 0.5) is 5.82 Å². The van der Waals surface area contributed by atoms with Gasteiger partial charge in [0.2, 0.25) is 0 Å². The van der Waals surface area contributed by atoms with E-state index in [-0.39, 0.29) is 18.5 Å². The third kappa shape index (κ3) is 4.50. The van der Waals surface area contributed by atoms with Crippen molar-refractivity contribution in [1.29, 1.82) is 0 Å². The Morgan fingerprint density at radius 2 is 2.04 bits per heavy atom. The number of ether oxygens (including phenoxy) is 1. The topological polar surface area (TPSA) is 63.2 Å². The van der Waals surface area contributed by atoms with Crippen molar-refractivity contribution in [3.8, 4) is 18.1 Å². The standard InChI is InChI=1S/C19H21N3O2/c1-4-12-20-19(23)15-8-11-18(21-13-15)22-17(5-2)14-6-9-16(24-3)10-7-14/h1,6-11,13,17H,5,12H2,2-3H3,(H,20,23)(H,21,22). The van der Waals surface area contributed by atoms with E-state index >= 15 is 0 Å². The molecule has 1 amide bonds. The van der Waals surface area contributed by atoms with Crippen LogP contribution >= 0.6 is 0 Å². The third-order valence-corrected chi connectivity index (χ3v) is 3.63. The Labute approximate surface area is 142 Å². The van der Waals surface area contributed by atoms with Gasteiger partial charge in [-0.05, 0) is 36.2 Å². The summed E-state index contributed by atoms with van der Waals surface area (Å²) in [5, 5.41) is 5.99. The van der Waals surface area contributed by atoms with Gasteiger partial charge in [-0.1, -0.05) is 25.0 Å². The van der Waals surface area contributed by atoms with Crippen molar-refractivity contribution in [2.45, 2.75) is 19.4 Å². The first-order chi connectivity index (χ1) is 11.7. The number of nitrogens with zero attached hydrogens (tertiary/aromatic N) is 1. The van der Waals surface area contributed by atoms with Crippen LogP contribution in [0.25, 0.3) is 0 Å². The van der Waals surface area contributed by atoms with Gasteiger partial charge in [-0.3, -0.25) is 4.79 Å². The van der Waals surface area contributed by atoms with Crippen LogP contribution in [0.15, 0.2) is 42.6 Å². The molecule has 0 fully saturated rings. The first kappa shape index (κ1) is 17.4. The zero-order valence-corrected chi connectivity index (χ0v) is 13.9. The predicted octanol–water partition coefficient (Wildman–Crippen LogP) is 3.02. The number of aromatic nitrogens is 1. The summed E-state index contributed by atoms with van der Waals surface area (Å²) in [5.41, 5.74) is 1.63. The largest absolute Gasteiger partial charge is 0.497 e. The van der Waals surface area contributed by atoms with E-state index in [1.807, 2.05) is 24.3 Å². The number of pyridine rings is 1. The number of hydrogen-bond acceptors (Lipinski definition) is 4. The summed E-state index contributed by atoms with van der Waals surface area (Å²) in [7, 11) is 1.65. The van der Waals surface area contributed by atoms with Gasteiger partial charge in [0, 0.05) is 6.20 Å². The second-order valence-electron chi connectivity index (χ2n) is 5.20. The molecule has 24 heavy (non-hydrogen) atoms. The van der Waals surface area contributed by atoms with Crippen LogP contribution in [0.3, 0.4) is 0 Å². The molecule has 2 aromatic rings. The van der Waals surface area contributed by atoms with E-state index in [9.17, 15) is 4.79 Å². The van der Waals surface area contributed by atoms with E-state index in [1.165, 1.54) is 6.20 Å². The first-order valence-corrected chi connectivity index (χ1v) is 7.76. The van der Waals surface area contributed by atoms with Crippen LogP contribution in [-0.2, 0) is 0 Å². The van der Waals surface area contributed by atoms with E-state index < -0.39 is 0 Å². The molecule has 1 aromatic heterocycles. The van der Waals surface area contributed by atoms with Crippen LogP contribution in [-0.4, -0.2) is 24.5 Å². The highest BCUT2D eigenvalue weighted by Crippen LogP contribution is 2.23. The lowest BCUT2D eigenvalue weighted by molar-refractivity contribution is 0.0958. The molecular formula is C19H21N3O2. The molecule has 2 rings (SSSR count). The Hall–Kier alpha value is -3.00. The zero-order chi connectivity index (χ0) is 17.4. The summed E-state index contributed by atoms with van der Waals surface area (Å²) in [6, 6.07) is 11.6. The number of methoxy groups -OCH3 is 1. The highest BCUT2D eigenvalue weighted by Gasteiger charge is 2.11. The van der Waals surface area contributed by atoms with Gasteiger partial charge in [0.1, 0.15) is 11.6 Å². The number of terminal acetylenes is 1. The summed E-state index contributed by atoms with van der Waals surface area (Å²) in [6.07, 6.45) is 7.56. The van der Waals surface area contributed by atoms with Gasteiger partial charge in [-0.25, -0.2) is 4.98 Å². The minimum atomic E-state index is -0.228. The van der Waals surface area contributed by atoms with Crippen LogP contribution in [0, 0.1) is 12.3 Å². The number of rotatable bonds is 7. The Bertz CT molecular complexity index is 703. The molecule has 5 nitrogen and oxygen atoms in total. The minimum Gasteiger partial charge on any atom is -0.497 e. The first-order valence-electron chi connectivity index (χ1n) is 7.76. The van der Waals surface area contributed by atoms with Gasteiger partial charge >= 0.3 is 0 Å². The van der Waals surface area contributed by atoms with Crippen molar-refractivity contribution >= 4 is 11.7 Å². The second kappa shape index (κ2) is 8.59. The lowest BCUT2D eigenvalue weighted by Crippen LogP contribution is -2.23. The Morgan fingerprint density at radius 1 is 1.29 bits per heavy atom. The number of benzene rings is 1. The Balaban J connectivity index is 2.05. The molecule has 0 aliphatic heterocycles. The smallest absolute Gasteiger partial charge is 0.253 e. The van der Waals surface area contributed by atoms with Crippen LogP contribution in [0.1, 0.15) is 35.3 Å². The number of amides is 1. The molecule has 0 aliphatic carbocycles. The molecule has 0 aliphatic rings. The van der Waals surface area contributed by atoms with Crippen molar-refractivity contribution < 1.29 is 9.53 Å². The van der Waals surface area contributed by atoms with E-state index in [4.69, 9.17) is 11.2 Å². The molecule has 0 bridgehead atoms. The molecule has 1 unspecified atom stereocenters. The summed E-state index contributed by atoms with van der Waals surface area (Å²) in [4.78, 5) is 16.1. The van der Waals surface area contributed by atoms with Crippen molar-refractivity contribution in [2.24, 2.45) is 0 Å². The molecule has 1 atom stereocenters. The quantitative estimate of drug-likeness (QED) is 0.769. The fourth-order valence-corrected chi connectivity index (χ4v) is 2.28. The van der Waals surface area contributed by atoms with Gasteiger partial charge in [-0.15, -0.1) is 6.42 Å². The van der Waals surface area contributed by atoms with Crippen molar-refractivity contribution in [2.75, 3.05) is 19.0 Å². The van der Waals surface area contributed by atoms with Gasteiger partial charge in [-0.2, -0.15) is 0 Å². The second-order valence-corrected chi connectivity index (χ2v) is 5.20. The van der Waals surface area contributed by atoms with Crippen LogP contribution in [0.5, 0.6) is 5.75 Å². The SMILES string of the molecule is C#CCNC(=O)c1ccc(NC(CC)c2ccc(OC)cc2)nc1. The number of carbonyl (C=O) groups excluding carboxylic acids is 1. The molecule has 1 aromatic carbocycles. The van der Waals surface area contributed by atoms with Gasteiger partial charge in [0.05, 0.1) is 25.3 Å². The van der Waals surface area contributed by atoms with Crippen molar-refractivity contribution in [3.05, 3.63) is 53.7 Å². The van der Waals surface area contributed by atoms with E-state index in [1.54, 1.807) is 19.2 Å². The molecule has 0 saturated carbocycles. The van der Waals surface area contributed by atoms with Crippen molar-refractivity contribution in [1.82, 2.24) is 10.3 Å². The average Bonchev–Trinajstić information content (AvgIpc) is 2.64. The van der Waals surface area contributed by atoms with E-state index in [2.05, 4.69) is 28.5 Å². The number of carbonyl (C=O) groups is 1. The number of hydrogen-bond donors (Lipinski definition) is 2. The number of anilines is 1. The molecule has 5 heteroatoms. The fourth-order valence-electron chi connectivity index (χ4n) is 2.28. The van der Waals surface area contributed by atoms with E-state index in [0.717, 1.165) is 17.7 Å². The highest BCUT2D eigenvalue weighted by molar-refractivity contribution is 5.94. The fraction of sp³-hybridized carbons (Fsp3) is 0.263. The lowest BCUT2D eigenvalue weighted by Gasteiger charge is -2.18.